The number of allylic oxidation sites excluding steroid dienone is 17. The van der Waals surface area contributed by atoms with E-state index in [0.29, 0.717) is 0 Å². The van der Waals surface area contributed by atoms with E-state index in [1.54, 1.807) is 5.57 Å². The predicted octanol–water partition coefficient (Wildman–Crippen LogP) is 14.7. The lowest BCUT2D eigenvalue weighted by molar-refractivity contribution is -0.261. The molecule has 0 heteroatoms. The molecule has 0 nitrogen and oxygen atoms in total. The maximum atomic E-state index is 2.72. The van der Waals surface area contributed by atoms with Crippen molar-refractivity contribution in [2.24, 2.45) is 37.9 Å². The first-order valence-corrected chi connectivity index (χ1v) is 20.5. The Hall–Kier alpha value is -4.94. The number of hydrogen-bond donors (Lipinski definition) is 0. The van der Waals surface area contributed by atoms with Gasteiger partial charge in [0.05, 0.1) is 0 Å². The van der Waals surface area contributed by atoms with Gasteiger partial charge in [0.15, 0.2) is 0 Å². The number of benzene rings is 4. The van der Waals surface area contributed by atoms with Gasteiger partial charge in [-0.15, -0.1) is 0 Å². The molecule has 6 aliphatic carbocycles. The molecule has 7 atom stereocenters. The average Bonchev–Trinajstić information content (AvgIpc) is 3.79. The van der Waals surface area contributed by atoms with Crippen molar-refractivity contribution in [3.05, 3.63) is 197 Å². The van der Waals surface area contributed by atoms with Crippen LogP contribution in [0.4, 0.5) is 0 Å². The lowest BCUT2D eigenvalue weighted by Crippen LogP contribution is -2.74. The van der Waals surface area contributed by atoms with E-state index < -0.39 is 0 Å². The molecule has 274 valence electrons. The second-order valence-electron chi connectivity index (χ2n) is 18.8. The molecule has 0 amide bonds. The maximum Gasteiger partial charge on any atom is 0.0170 e. The molecule has 6 aliphatic rings. The molecule has 0 bridgehead atoms. The topological polar surface area (TPSA) is 0 Å². The third kappa shape index (κ3) is 3.76. The molecule has 10 rings (SSSR count). The molecule has 4 aromatic carbocycles. The highest BCUT2D eigenvalue weighted by atomic mass is 14.9. The molecule has 0 N–H and O–H groups in total. The van der Waals surface area contributed by atoms with Crippen LogP contribution in [0.2, 0.25) is 0 Å². The molecule has 7 unspecified atom stereocenters. The highest BCUT2D eigenvalue weighted by Gasteiger charge is 2.84. The van der Waals surface area contributed by atoms with Crippen LogP contribution in [0.1, 0.15) is 79.4 Å². The van der Waals surface area contributed by atoms with Crippen molar-refractivity contribution in [1.29, 1.82) is 0 Å². The standard InChI is InChI=1S/C55H54/c1-37-47(40-23-9-10-24-40)46(48(44-29-19-25-38-21-11-13-27-42(38)44)45-30-20-26-39-22-12-14-28-43(39)45)35-41-36-53(6)51(4)33-16-15-31-49(51,2)50(3)32-17-18-34-52(50,5)55(53,8)54(37,41)7/h9-23,25-35H,24,36H2,1-8H3. The normalized spacial score (nSPS) is 36.8. The summed E-state index contributed by atoms with van der Waals surface area (Å²) in [7, 11) is 0. The average molecular weight is 715 g/mol. The summed E-state index contributed by atoms with van der Waals surface area (Å²) in [5.74, 6) is 0. The summed E-state index contributed by atoms with van der Waals surface area (Å²) in [5, 5.41) is 5.14. The van der Waals surface area contributed by atoms with Gasteiger partial charge >= 0.3 is 0 Å². The van der Waals surface area contributed by atoms with Gasteiger partial charge in [0.1, 0.15) is 0 Å². The molecule has 4 aromatic rings. The lowest BCUT2D eigenvalue weighted by Gasteiger charge is -2.79. The van der Waals surface area contributed by atoms with E-state index >= 15 is 0 Å². The van der Waals surface area contributed by atoms with Gasteiger partial charge in [0.2, 0.25) is 0 Å². The van der Waals surface area contributed by atoms with Crippen LogP contribution in [0, 0.1) is 37.9 Å². The zero-order chi connectivity index (χ0) is 38.2. The Morgan fingerprint density at radius 2 is 1.05 bits per heavy atom. The summed E-state index contributed by atoms with van der Waals surface area (Å²) < 4.78 is 0. The number of hydrogen-bond acceptors (Lipinski definition) is 0. The Kier molecular flexibility index (Phi) is 6.97. The summed E-state index contributed by atoms with van der Waals surface area (Å²) in [6.45, 7) is 21.0. The van der Waals surface area contributed by atoms with E-state index in [2.05, 4.69) is 213 Å². The van der Waals surface area contributed by atoms with Crippen molar-refractivity contribution in [3.63, 3.8) is 0 Å². The fraction of sp³-hybridized carbons (Fsp3) is 0.309. The minimum absolute atomic E-state index is 0.0798. The quantitative estimate of drug-likeness (QED) is 0.198. The summed E-state index contributed by atoms with van der Waals surface area (Å²) >= 11 is 0. The van der Waals surface area contributed by atoms with Crippen LogP contribution in [0.5, 0.6) is 0 Å². The smallest absolute Gasteiger partial charge is 0.0170 e. The Bertz CT molecular complexity index is 2570. The minimum Gasteiger partial charge on any atom is -0.0801 e. The van der Waals surface area contributed by atoms with Gasteiger partial charge in [-0.2, -0.15) is 0 Å². The van der Waals surface area contributed by atoms with Gasteiger partial charge in [0, 0.05) is 27.1 Å². The second-order valence-corrected chi connectivity index (χ2v) is 18.8. The molecule has 2 fully saturated rings. The molecule has 0 aromatic heterocycles. The van der Waals surface area contributed by atoms with Crippen LogP contribution in [0.25, 0.3) is 27.1 Å². The first kappa shape index (κ1) is 34.5. The molecular weight excluding hydrogens is 661 g/mol. The summed E-state index contributed by atoms with van der Waals surface area (Å²) in [6, 6.07) is 31.7. The van der Waals surface area contributed by atoms with Gasteiger partial charge in [0.25, 0.3) is 0 Å². The molecular formula is C55H54. The fourth-order valence-electron chi connectivity index (χ4n) is 14.0. The van der Waals surface area contributed by atoms with Crippen molar-refractivity contribution < 1.29 is 0 Å². The zero-order valence-corrected chi connectivity index (χ0v) is 33.9. The number of rotatable bonds is 3. The summed E-state index contributed by atoms with van der Waals surface area (Å²) in [4.78, 5) is 0. The largest absolute Gasteiger partial charge is 0.0801 e. The Labute approximate surface area is 328 Å². The van der Waals surface area contributed by atoms with Crippen LogP contribution >= 0.6 is 0 Å². The highest BCUT2D eigenvalue weighted by molar-refractivity contribution is 6.06. The predicted molar refractivity (Wildman–Crippen MR) is 234 cm³/mol. The molecule has 0 spiro atoms. The van der Waals surface area contributed by atoms with Gasteiger partial charge in [-0.3, -0.25) is 0 Å². The van der Waals surface area contributed by atoms with Crippen LogP contribution in [0.15, 0.2) is 186 Å². The SMILES string of the molecule is CC1=C(C2=CC=CC2)C(=C(c2cccc3ccccc23)c2cccc3ccccc23)C=C2CC3(C)C4(C)C=CC=CC4(C)C4(C)C=CC=CC4(C)C3(C)C21C. The van der Waals surface area contributed by atoms with Crippen LogP contribution in [-0.4, -0.2) is 0 Å². The van der Waals surface area contributed by atoms with Crippen LogP contribution in [0.3, 0.4) is 0 Å². The summed E-state index contributed by atoms with van der Waals surface area (Å²) in [5.41, 5.74) is 10.4. The van der Waals surface area contributed by atoms with E-state index in [4.69, 9.17) is 0 Å². The Balaban J connectivity index is 1.37. The van der Waals surface area contributed by atoms with Crippen molar-refractivity contribution in [3.8, 4) is 0 Å². The molecule has 0 aliphatic heterocycles. The van der Waals surface area contributed by atoms with E-state index in [1.165, 1.54) is 60.5 Å². The van der Waals surface area contributed by atoms with E-state index in [-0.39, 0.29) is 37.9 Å². The van der Waals surface area contributed by atoms with Crippen LogP contribution < -0.4 is 0 Å². The molecule has 0 radical (unpaired) electrons. The van der Waals surface area contributed by atoms with Crippen molar-refractivity contribution in [2.75, 3.05) is 0 Å². The zero-order valence-electron chi connectivity index (χ0n) is 33.9. The monoisotopic (exact) mass is 714 g/mol. The van der Waals surface area contributed by atoms with Crippen molar-refractivity contribution >= 4 is 27.1 Å². The second kappa shape index (κ2) is 11.1. The van der Waals surface area contributed by atoms with Crippen LogP contribution in [-0.2, 0) is 0 Å². The van der Waals surface area contributed by atoms with Gasteiger partial charge in [-0.25, -0.2) is 0 Å². The van der Waals surface area contributed by atoms with E-state index in [0.717, 1.165) is 12.8 Å². The fourth-order valence-corrected chi connectivity index (χ4v) is 14.0. The third-order valence-corrected chi connectivity index (χ3v) is 17.8. The highest BCUT2D eigenvalue weighted by Crippen LogP contribution is 2.90. The molecule has 2 saturated carbocycles. The van der Waals surface area contributed by atoms with Gasteiger partial charge in [-0.1, -0.05) is 217 Å². The molecule has 0 saturated heterocycles. The molecule has 0 heterocycles. The Morgan fingerprint density at radius 1 is 0.545 bits per heavy atom. The van der Waals surface area contributed by atoms with E-state index in [9.17, 15) is 0 Å². The Morgan fingerprint density at radius 3 is 1.62 bits per heavy atom. The minimum atomic E-state index is -0.211. The lowest BCUT2D eigenvalue weighted by atomic mass is 9.24. The van der Waals surface area contributed by atoms with Gasteiger partial charge < -0.3 is 0 Å². The van der Waals surface area contributed by atoms with Gasteiger partial charge in [-0.05, 0) is 85.6 Å². The summed E-state index contributed by atoms with van der Waals surface area (Å²) in [6.07, 6.45) is 31.5. The first-order valence-electron chi connectivity index (χ1n) is 20.5. The van der Waals surface area contributed by atoms with E-state index in [1.807, 2.05) is 0 Å². The van der Waals surface area contributed by atoms with Crippen molar-refractivity contribution in [1.82, 2.24) is 0 Å². The van der Waals surface area contributed by atoms with Crippen molar-refractivity contribution in [2.45, 2.75) is 68.2 Å². The maximum absolute atomic E-state index is 2.72. The first-order chi connectivity index (χ1) is 26.3. The molecule has 55 heavy (non-hydrogen) atoms. The number of fused-ring (bicyclic) bond motifs is 10. The third-order valence-electron chi connectivity index (χ3n) is 17.8.